The molecule has 2 aliphatic heterocycles. The number of aryl methyl sites for hydroxylation is 1. The Kier molecular flexibility index (Phi) is 8.86. The van der Waals surface area contributed by atoms with Crippen molar-refractivity contribution in [2.45, 2.75) is 31.6 Å². The fourth-order valence-electron chi connectivity index (χ4n) is 5.43. The maximum atomic E-state index is 13.4. The van der Waals surface area contributed by atoms with Crippen LogP contribution < -0.4 is 5.32 Å². The highest BCUT2D eigenvalue weighted by Crippen LogP contribution is 2.47. The Bertz CT molecular complexity index is 1120. The molecule has 2 fully saturated rings. The summed E-state index contributed by atoms with van der Waals surface area (Å²) in [6, 6.07) is 15.3. The van der Waals surface area contributed by atoms with Crippen LogP contribution in [0.4, 0.5) is 10.1 Å². The minimum atomic E-state index is -0.207. The summed E-state index contributed by atoms with van der Waals surface area (Å²) < 4.78 is 21.6. The first-order chi connectivity index (χ1) is 17.5. The first kappa shape index (κ1) is 26.4. The molecule has 0 radical (unpaired) electrons. The van der Waals surface area contributed by atoms with Crippen LogP contribution in [0.2, 0.25) is 0 Å². The van der Waals surface area contributed by atoms with Crippen LogP contribution in [0.25, 0.3) is 0 Å². The highest BCUT2D eigenvalue weighted by molar-refractivity contribution is 7.97. The number of anilines is 1. The SMILES string of the molecule is C#N.CC1=C(Nc2ccc(F)cc2)C=C2CCN(Sc3ccccc3C)CC2(CN2CCOCC2)C1. The van der Waals surface area contributed by atoms with Crippen molar-refractivity contribution in [3.05, 3.63) is 82.8 Å². The van der Waals surface area contributed by atoms with E-state index in [2.05, 4.69) is 65.3 Å². The van der Waals surface area contributed by atoms with Crippen LogP contribution in [0.5, 0.6) is 0 Å². The minimum Gasteiger partial charge on any atom is -0.379 e. The number of fused-ring (bicyclic) bond motifs is 1. The number of hydrogen-bond donors (Lipinski definition) is 1. The third-order valence-corrected chi connectivity index (χ3v) is 8.47. The van der Waals surface area contributed by atoms with Gasteiger partial charge in [-0.3, -0.25) is 4.90 Å². The average molecular weight is 507 g/mol. The lowest BCUT2D eigenvalue weighted by molar-refractivity contribution is 0.0155. The van der Waals surface area contributed by atoms with Gasteiger partial charge in [-0.1, -0.05) is 23.8 Å². The molecule has 190 valence electrons. The van der Waals surface area contributed by atoms with E-state index in [4.69, 9.17) is 10.00 Å². The molecule has 1 atom stereocenters. The average Bonchev–Trinajstić information content (AvgIpc) is 2.89. The zero-order chi connectivity index (χ0) is 25.5. The van der Waals surface area contributed by atoms with Crippen molar-refractivity contribution in [1.82, 2.24) is 9.21 Å². The Labute approximate surface area is 218 Å². The number of nitrogens with zero attached hydrogens (tertiary/aromatic N) is 3. The van der Waals surface area contributed by atoms with Crippen LogP contribution in [-0.2, 0) is 4.74 Å². The lowest BCUT2D eigenvalue weighted by Crippen LogP contribution is -2.52. The lowest BCUT2D eigenvalue weighted by Gasteiger charge is -2.49. The van der Waals surface area contributed by atoms with Crippen molar-refractivity contribution in [3.63, 3.8) is 0 Å². The van der Waals surface area contributed by atoms with Crippen LogP contribution in [0.1, 0.15) is 25.3 Å². The Morgan fingerprint density at radius 1 is 1.06 bits per heavy atom. The van der Waals surface area contributed by atoms with Gasteiger partial charge in [0.1, 0.15) is 5.82 Å². The van der Waals surface area contributed by atoms with Crippen molar-refractivity contribution in [1.29, 1.82) is 5.26 Å². The molecule has 1 unspecified atom stereocenters. The van der Waals surface area contributed by atoms with Gasteiger partial charge in [0.05, 0.1) is 13.2 Å². The van der Waals surface area contributed by atoms with Crippen LogP contribution >= 0.6 is 11.9 Å². The molecule has 5 rings (SSSR count). The summed E-state index contributed by atoms with van der Waals surface area (Å²) in [6.45, 7) is 14.7. The Morgan fingerprint density at radius 2 is 1.78 bits per heavy atom. The number of piperidine rings is 1. The summed E-state index contributed by atoms with van der Waals surface area (Å²) in [5.74, 6) is -0.207. The van der Waals surface area contributed by atoms with Crippen molar-refractivity contribution in [2.24, 2.45) is 5.41 Å². The van der Waals surface area contributed by atoms with Gasteiger partial charge in [0.15, 0.2) is 0 Å². The molecular formula is C29H35FN4OS. The van der Waals surface area contributed by atoms with E-state index in [1.807, 2.05) is 24.1 Å². The topological polar surface area (TPSA) is 51.5 Å². The lowest BCUT2D eigenvalue weighted by atomic mass is 9.68. The van der Waals surface area contributed by atoms with Gasteiger partial charge < -0.3 is 10.1 Å². The van der Waals surface area contributed by atoms with Gasteiger partial charge in [0.25, 0.3) is 0 Å². The number of nitrogens with one attached hydrogen (secondary N) is 1. The van der Waals surface area contributed by atoms with E-state index in [1.54, 1.807) is 0 Å². The molecule has 3 aliphatic rings. The Hall–Kier alpha value is -2.63. The predicted octanol–water partition coefficient (Wildman–Crippen LogP) is 6.02. The molecule has 0 spiro atoms. The highest BCUT2D eigenvalue weighted by Gasteiger charge is 2.43. The van der Waals surface area contributed by atoms with Crippen molar-refractivity contribution < 1.29 is 9.13 Å². The largest absolute Gasteiger partial charge is 0.379 e. The summed E-state index contributed by atoms with van der Waals surface area (Å²) in [5.41, 5.74) is 6.44. The summed E-state index contributed by atoms with van der Waals surface area (Å²) >= 11 is 1.91. The number of halogens is 1. The summed E-state index contributed by atoms with van der Waals surface area (Å²) in [5, 5.41) is 10.1. The smallest absolute Gasteiger partial charge is 0.123 e. The van der Waals surface area contributed by atoms with E-state index in [1.165, 1.54) is 39.4 Å². The van der Waals surface area contributed by atoms with Gasteiger partial charge in [-0.15, -0.1) is 0 Å². The van der Waals surface area contributed by atoms with Gasteiger partial charge in [-0.05, 0) is 86.2 Å². The fraction of sp³-hybridized carbons (Fsp3) is 0.414. The molecule has 0 saturated carbocycles. The van der Waals surface area contributed by atoms with Gasteiger partial charge >= 0.3 is 0 Å². The van der Waals surface area contributed by atoms with Gasteiger partial charge in [-0.25, -0.2) is 14.0 Å². The summed E-state index contributed by atoms with van der Waals surface area (Å²) in [6.07, 6.45) is 4.48. The molecule has 2 aromatic rings. The first-order valence-electron chi connectivity index (χ1n) is 12.5. The van der Waals surface area contributed by atoms with Crippen LogP contribution in [0.3, 0.4) is 0 Å². The van der Waals surface area contributed by atoms with E-state index in [0.717, 1.165) is 64.5 Å². The van der Waals surface area contributed by atoms with E-state index < -0.39 is 0 Å². The van der Waals surface area contributed by atoms with E-state index in [-0.39, 0.29) is 11.2 Å². The second-order valence-corrected chi connectivity index (χ2v) is 11.0. The fourth-order valence-corrected chi connectivity index (χ4v) is 6.55. The molecule has 5 nitrogen and oxygen atoms in total. The van der Waals surface area contributed by atoms with E-state index >= 15 is 0 Å². The van der Waals surface area contributed by atoms with Gasteiger partial charge in [0.2, 0.25) is 0 Å². The minimum absolute atomic E-state index is 0.101. The number of ether oxygens (including phenoxy) is 1. The summed E-state index contributed by atoms with van der Waals surface area (Å²) in [7, 11) is 0. The molecule has 0 bridgehead atoms. The molecule has 0 amide bonds. The first-order valence-corrected chi connectivity index (χ1v) is 13.3. The molecule has 1 aliphatic carbocycles. The molecule has 2 aromatic carbocycles. The number of rotatable bonds is 6. The maximum absolute atomic E-state index is 13.4. The van der Waals surface area contributed by atoms with Gasteiger partial charge in [0, 0.05) is 61.0 Å². The maximum Gasteiger partial charge on any atom is 0.123 e. The normalized spacial score (nSPS) is 22.8. The third-order valence-electron chi connectivity index (χ3n) is 7.25. The summed E-state index contributed by atoms with van der Waals surface area (Å²) in [4.78, 5) is 3.93. The number of morpholine rings is 1. The van der Waals surface area contributed by atoms with Crippen molar-refractivity contribution in [3.8, 4) is 6.57 Å². The molecular weight excluding hydrogens is 471 g/mol. The molecule has 1 N–H and O–H groups in total. The second-order valence-electron chi connectivity index (χ2n) is 9.81. The number of allylic oxidation sites excluding steroid dienone is 2. The van der Waals surface area contributed by atoms with Crippen LogP contribution in [0.15, 0.2) is 76.3 Å². The van der Waals surface area contributed by atoms with E-state index in [0.29, 0.717) is 0 Å². The number of nitriles is 1. The molecule has 0 aromatic heterocycles. The molecule has 36 heavy (non-hydrogen) atoms. The highest BCUT2D eigenvalue weighted by atomic mass is 32.2. The molecule has 2 heterocycles. The molecule has 7 heteroatoms. The Morgan fingerprint density at radius 3 is 2.50 bits per heavy atom. The van der Waals surface area contributed by atoms with E-state index in [9.17, 15) is 4.39 Å². The monoisotopic (exact) mass is 506 g/mol. The number of hydrogen-bond acceptors (Lipinski definition) is 6. The molecule has 2 saturated heterocycles. The standard InChI is InChI=1S/C28H34FN3OS.CHN/c1-21-5-3-4-6-27(21)34-32-12-11-23-17-26(30-25-9-7-24(29)8-10-25)22(2)18-28(23,20-32)19-31-13-15-33-16-14-31;1-2/h3-10,17,30H,11-16,18-20H2,1-2H3;1H. The van der Waals surface area contributed by atoms with Crippen LogP contribution in [-0.4, -0.2) is 55.1 Å². The van der Waals surface area contributed by atoms with Crippen molar-refractivity contribution >= 4 is 17.6 Å². The zero-order valence-electron chi connectivity index (χ0n) is 21.2. The zero-order valence-corrected chi connectivity index (χ0v) is 22.0. The quantitative estimate of drug-likeness (QED) is 0.484. The second kappa shape index (κ2) is 12.1. The van der Waals surface area contributed by atoms with Crippen molar-refractivity contribution in [2.75, 3.05) is 51.3 Å². The van der Waals surface area contributed by atoms with Gasteiger partial charge in [-0.2, -0.15) is 0 Å². The Balaban J connectivity index is 0.00000148. The number of benzene rings is 2. The predicted molar refractivity (Wildman–Crippen MR) is 145 cm³/mol. The van der Waals surface area contributed by atoms with Crippen LogP contribution in [0, 0.1) is 30.0 Å². The third kappa shape index (κ3) is 6.19.